The van der Waals surface area contributed by atoms with Crippen molar-refractivity contribution in [3.63, 3.8) is 0 Å². The van der Waals surface area contributed by atoms with Gasteiger partial charge in [0.1, 0.15) is 28.9 Å². The number of hydrogen-bond acceptors (Lipinski definition) is 15. The summed E-state index contributed by atoms with van der Waals surface area (Å²) in [5.41, 5.74) is -0.666. The summed E-state index contributed by atoms with van der Waals surface area (Å²) in [6.07, 6.45) is -2.24. The smallest absolute Gasteiger partial charge is 0.471 e. The van der Waals surface area contributed by atoms with Crippen molar-refractivity contribution in [3.05, 3.63) is 148 Å². The van der Waals surface area contributed by atoms with Crippen LogP contribution in [0.15, 0.2) is 114 Å². The van der Waals surface area contributed by atoms with Gasteiger partial charge < -0.3 is 34.3 Å². The molecule has 4 N–H and O–H groups in total. The third-order valence-corrected chi connectivity index (χ3v) is 14.0. The van der Waals surface area contributed by atoms with Crippen molar-refractivity contribution in [3.8, 4) is 11.5 Å². The number of aliphatic hydroxyl groups is 1. The summed E-state index contributed by atoms with van der Waals surface area (Å²) in [4.78, 5) is 107. The Kier molecular flexibility index (Phi) is 20.7. The highest BCUT2D eigenvalue weighted by molar-refractivity contribution is 6.00. The molecule has 434 valence electrons. The molecule has 3 heterocycles. The number of aromatic nitrogens is 4. The first-order valence-corrected chi connectivity index (χ1v) is 26.7. The average molecular weight is 1140 g/mol. The van der Waals surface area contributed by atoms with Crippen LogP contribution in [0.2, 0.25) is 0 Å². The van der Waals surface area contributed by atoms with Gasteiger partial charge in [0.15, 0.2) is 11.2 Å². The number of ketones is 1. The van der Waals surface area contributed by atoms with Gasteiger partial charge in [-0.15, -0.1) is 0 Å². The third-order valence-electron chi connectivity index (χ3n) is 14.0. The Morgan fingerprint density at radius 3 is 1.99 bits per heavy atom. The van der Waals surface area contributed by atoms with E-state index in [4.69, 9.17) is 18.9 Å². The van der Waals surface area contributed by atoms with E-state index in [1.807, 2.05) is 78.9 Å². The standard InChI is InChI=1S/C59H65F3N8O12/c1-36(2)52(74)67-57-66-51-50(54(76)68-57)64-41(32-63-51)33-70(56(78)59(60,61)62)42-23-17-37(18-24-42)53(75)65-48(55(77)81-5)30-25-44(71)15-11-6-7-12-16-49(73)69-34-45(72)31-43(69)35-82-58(38-13-9-8-10-14-38,39-19-26-46(79-3)27-20-39)40-21-28-47(80-4)29-22-40/h8-10,13-14,17-24,26-29,32,36,43,45,48,72H,6-7,11-12,15-16,25,30-31,33-35H2,1-5H3,(H,65,75)(H2,63,66,67,68,74,76)/t43-,45+,48-/m0/s1. The van der Waals surface area contributed by atoms with Crippen LogP contribution in [-0.2, 0) is 45.6 Å². The molecule has 82 heavy (non-hydrogen) atoms. The van der Waals surface area contributed by atoms with Crippen LogP contribution >= 0.6 is 0 Å². The van der Waals surface area contributed by atoms with E-state index in [0.717, 1.165) is 54.3 Å². The molecule has 4 aromatic carbocycles. The quantitative estimate of drug-likeness (QED) is 0.0235. The molecule has 0 spiro atoms. The van der Waals surface area contributed by atoms with E-state index in [9.17, 15) is 51.8 Å². The predicted octanol–water partition coefficient (Wildman–Crippen LogP) is 7.35. The highest BCUT2D eigenvalue weighted by Crippen LogP contribution is 2.42. The number of ether oxygens (including phenoxy) is 4. The zero-order valence-corrected chi connectivity index (χ0v) is 46.0. The summed E-state index contributed by atoms with van der Waals surface area (Å²) >= 11 is 0. The number of methoxy groups -OCH3 is 3. The fourth-order valence-electron chi connectivity index (χ4n) is 9.55. The first-order valence-electron chi connectivity index (χ1n) is 26.7. The second kappa shape index (κ2) is 27.7. The van der Waals surface area contributed by atoms with E-state index < -0.39 is 71.7 Å². The number of nitrogens with zero attached hydrogens (tertiary/aromatic N) is 5. The number of Topliss-reactive ketones (excluding diaryl/α,β-unsaturated/α-hetero) is 1. The average Bonchev–Trinajstić information content (AvgIpc) is 3.95. The van der Waals surface area contributed by atoms with Crippen LogP contribution in [0.5, 0.6) is 11.5 Å². The van der Waals surface area contributed by atoms with E-state index in [2.05, 4.69) is 30.6 Å². The summed E-state index contributed by atoms with van der Waals surface area (Å²) in [5, 5.41) is 15.8. The van der Waals surface area contributed by atoms with Crippen molar-refractivity contribution in [2.24, 2.45) is 5.92 Å². The van der Waals surface area contributed by atoms with Crippen LogP contribution in [0.25, 0.3) is 11.2 Å². The second-order valence-electron chi connectivity index (χ2n) is 20.0. The van der Waals surface area contributed by atoms with E-state index in [0.29, 0.717) is 48.5 Å². The minimum absolute atomic E-state index is 0.0926. The lowest BCUT2D eigenvalue weighted by atomic mass is 9.80. The highest BCUT2D eigenvalue weighted by atomic mass is 19.4. The van der Waals surface area contributed by atoms with Gasteiger partial charge in [-0.2, -0.15) is 18.2 Å². The van der Waals surface area contributed by atoms with Crippen LogP contribution in [0.1, 0.15) is 104 Å². The van der Waals surface area contributed by atoms with Crippen molar-refractivity contribution < 1.29 is 66.0 Å². The number of β-amino-alcohol motifs (C(OH)–C–C–N with tert-alkyl or cyclic N) is 1. The van der Waals surface area contributed by atoms with Crippen molar-refractivity contribution in [2.75, 3.05) is 44.7 Å². The molecular weight excluding hydrogens is 1070 g/mol. The van der Waals surface area contributed by atoms with Gasteiger partial charge in [-0.3, -0.25) is 44.0 Å². The Bertz CT molecular complexity index is 3210. The van der Waals surface area contributed by atoms with E-state index in [1.54, 1.807) is 33.0 Å². The molecule has 0 saturated carbocycles. The maximum atomic E-state index is 13.9. The molecule has 6 aromatic rings. The molecule has 0 radical (unpaired) electrons. The van der Waals surface area contributed by atoms with Crippen molar-refractivity contribution in [1.82, 2.24) is 30.2 Å². The number of alkyl halides is 3. The topological polar surface area (TPSA) is 262 Å². The fourth-order valence-corrected chi connectivity index (χ4v) is 9.55. The summed E-state index contributed by atoms with van der Waals surface area (Å²) in [7, 11) is 4.30. The minimum Gasteiger partial charge on any atom is -0.497 e. The molecule has 3 atom stereocenters. The number of H-pyrrole nitrogens is 1. The molecule has 4 amide bonds. The number of fused-ring (bicyclic) bond motifs is 1. The van der Waals surface area contributed by atoms with E-state index >= 15 is 0 Å². The SMILES string of the molecule is COC(=O)[C@H](CCC(=O)CCCCCCC(=O)N1C[C@H](O)C[C@H]1COC(c1ccccc1)(c1ccc(OC)cc1)c1ccc(OC)cc1)NC(=O)c1ccc(N(Cc2cnc3nc(NC(=O)C(C)C)[nH]c(=O)c3n2)C(=O)C(F)(F)F)cc1. The number of amides is 4. The van der Waals surface area contributed by atoms with E-state index in [-0.39, 0.29) is 84.6 Å². The molecule has 0 aliphatic carbocycles. The van der Waals surface area contributed by atoms with Gasteiger partial charge in [0, 0.05) is 43.0 Å². The molecule has 0 bridgehead atoms. The Morgan fingerprint density at radius 2 is 1.40 bits per heavy atom. The van der Waals surface area contributed by atoms with Crippen LogP contribution in [0, 0.1) is 5.92 Å². The summed E-state index contributed by atoms with van der Waals surface area (Å²) < 4.78 is 64.6. The molecule has 1 aliphatic heterocycles. The number of rotatable bonds is 26. The lowest BCUT2D eigenvalue weighted by Gasteiger charge is -2.38. The molecular formula is C59H65F3N8O12. The Hall–Kier alpha value is -8.57. The largest absolute Gasteiger partial charge is 0.497 e. The first-order chi connectivity index (χ1) is 39.2. The van der Waals surface area contributed by atoms with Crippen LogP contribution in [-0.4, -0.2) is 124 Å². The van der Waals surface area contributed by atoms with Gasteiger partial charge in [0.2, 0.25) is 17.8 Å². The normalized spacial score (nSPS) is 14.7. The Labute approximate surface area is 470 Å². The number of hydrogen-bond donors (Lipinski definition) is 4. The Morgan fingerprint density at radius 1 is 0.793 bits per heavy atom. The second-order valence-corrected chi connectivity index (χ2v) is 20.0. The van der Waals surface area contributed by atoms with Gasteiger partial charge in [-0.05, 0) is 90.9 Å². The van der Waals surface area contributed by atoms with Gasteiger partial charge in [0.25, 0.3) is 11.5 Å². The number of anilines is 2. The first kappa shape index (κ1) is 61.1. The molecule has 1 aliphatic rings. The van der Waals surface area contributed by atoms with Gasteiger partial charge in [-0.1, -0.05) is 81.3 Å². The van der Waals surface area contributed by atoms with Crippen LogP contribution < -0.4 is 30.6 Å². The van der Waals surface area contributed by atoms with Gasteiger partial charge in [-0.25, -0.2) is 14.8 Å². The lowest BCUT2D eigenvalue weighted by molar-refractivity contribution is -0.170. The van der Waals surface area contributed by atoms with Crippen molar-refractivity contribution >= 4 is 58.2 Å². The highest BCUT2D eigenvalue weighted by Gasteiger charge is 2.44. The molecule has 1 saturated heterocycles. The van der Waals surface area contributed by atoms with E-state index in [1.165, 1.54) is 0 Å². The molecule has 0 unspecified atom stereocenters. The number of carbonyl (C=O) groups is 6. The number of esters is 1. The molecule has 23 heteroatoms. The van der Waals surface area contributed by atoms with Crippen LogP contribution in [0.4, 0.5) is 24.8 Å². The van der Waals surface area contributed by atoms with Crippen molar-refractivity contribution in [2.45, 2.75) is 108 Å². The molecule has 1 fully saturated rings. The molecule has 20 nitrogen and oxygen atoms in total. The monoisotopic (exact) mass is 1130 g/mol. The number of aliphatic hydroxyl groups excluding tert-OH is 1. The van der Waals surface area contributed by atoms with Crippen LogP contribution in [0.3, 0.4) is 0 Å². The Balaban J connectivity index is 0.898. The number of benzene rings is 4. The number of unbranched alkanes of at least 4 members (excludes halogenated alkanes) is 3. The predicted molar refractivity (Wildman–Crippen MR) is 295 cm³/mol. The third kappa shape index (κ3) is 15.2. The number of carbonyl (C=O) groups excluding carboxylic acids is 6. The number of likely N-dealkylation sites (tertiary alicyclic amines) is 1. The molecule has 7 rings (SSSR count). The maximum Gasteiger partial charge on any atom is 0.471 e. The summed E-state index contributed by atoms with van der Waals surface area (Å²) in [5.74, 6) is -4.01. The molecule has 2 aromatic heterocycles. The maximum absolute atomic E-state index is 13.9. The number of halogens is 3. The summed E-state index contributed by atoms with van der Waals surface area (Å²) in [6.45, 7) is 2.70. The number of aromatic amines is 1. The number of nitrogens with one attached hydrogen (secondary N) is 3. The fraction of sp³-hybridized carbons (Fsp3) is 0.390. The zero-order chi connectivity index (χ0) is 59.1. The lowest BCUT2D eigenvalue weighted by Crippen LogP contribution is -2.42. The van der Waals surface area contributed by atoms with Crippen molar-refractivity contribution in [1.29, 1.82) is 0 Å². The summed E-state index contributed by atoms with van der Waals surface area (Å²) in [6, 6.07) is 27.8. The van der Waals surface area contributed by atoms with Gasteiger partial charge in [0.05, 0.1) is 58.5 Å². The zero-order valence-electron chi connectivity index (χ0n) is 46.0. The van der Waals surface area contributed by atoms with Gasteiger partial charge >= 0.3 is 18.1 Å². The minimum atomic E-state index is -5.35.